The van der Waals surface area contributed by atoms with Gasteiger partial charge in [-0.3, -0.25) is 9.59 Å². The number of carbonyl (C=O) groups excluding carboxylic acids is 2. The van der Waals surface area contributed by atoms with Crippen molar-refractivity contribution in [3.63, 3.8) is 0 Å². The van der Waals surface area contributed by atoms with E-state index in [9.17, 15) is 9.59 Å². The lowest BCUT2D eigenvalue weighted by atomic mass is 10.1. The van der Waals surface area contributed by atoms with Gasteiger partial charge in [0.05, 0.1) is 31.5 Å². The van der Waals surface area contributed by atoms with E-state index in [1.54, 1.807) is 32.4 Å². The van der Waals surface area contributed by atoms with Crippen molar-refractivity contribution in [3.8, 4) is 5.75 Å². The zero-order valence-corrected chi connectivity index (χ0v) is 12.5. The highest BCUT2D eigenvalue weighted by molar-refractivity contribution is 6.00. The summed E-state index contributed by atoms with van der Waals surface area (Å²) in [7, 11) is 4.54. The monoisotopic (exact) mass is 295 g/mol. The van der Waals surface area contributed by atoms with Gasteiger partial charge < -0.3 is 25.4 Å². The van der Waals surface area contributed by atoms with Crippen molar-refractivity contribution in [2.75, 3.05) is 46.7 Å². The summed E-state index contributed by atoms with van der Waals surface area (Å²) >= 11 is 0. The molecule has 0 heterocycles. The molecule has 21 heavy (non-hydrogen) atoms. The van der Waals surface area contributed by atoms with Gasteiger partial charge in [-0.25, -0.2) is 0 Å². The van der Waals surface area contributed by atoms with Crippen LogP contribution in [0.5, 0.6) is 5.75 Å². The molecule has 0 fully saturated rings. The van der Waals surface area contributed by atoms with E-state index in [-0.39, 0.29) is 18.4 Å². The van der Waals surface area contributed by atoms with Crippen LogP contribution in [0.2, 0.25) is 0 Å². The second-order valence-corrected chi connectivity index (χ2v) is 4.43. The van der Waals surface area contributed by atoms with Gasteiger partial charge in [-0.05, 0) is 12.1 Å². The molecule has 1 rings (SSSR count). The molecule has 0 aliphatic rings. The number of ether oxygens (including phenoxy) is 2. The van der Waals surface area contributed by atoms with E-state index in [1.165, 1.54) is 12.0 Å². The molecule has 0 saturated carbocycles. The highest BCUT2D eigenvalue weighted by Crippen LogP contribution is 2.26. The van der Waals surface area contributed by atoms with Crippen LogP contribution in [0, 0.1) is 0 Å². The maximum Gasteiger partial charge on any atom is 0.257 e. The fraction of sp³-hybridized carbons (Fsp3) is 0.429. The molecule has 1 aromatic rings. The van der Waals surface area contributed by atoms with E-state index in [0.29, 0.717) is 30.2 Å². The molecule has 0 radical (unpaired) electrons. The first-order valence-corrected chi connectivity index (χ1v) is 6.44. The van der Waals surface area contributed by atoms with Gasteiger partial charge in [-0.1, -0.05) is 6.07 Å². The van der Waals surface area contributed by atoms with Crippen LogP contribution in [-0.2, 0) is 9.53 Å². The molecule has 2 amide bonds. The van der Waals surface area contributed by atoms with Gasteiger partial charge >= 0.3 is 0 Å². The summed E-state index contributed by atoms with van der Waals surface area (Å²) in [4.78, 5) is 25.3. The average Bonchev–Trinajstić information content (AvgIpc) is 2.46. The Morgan fingerprint density at radius 2 is 2.05 bits per heavy atom. The van der Waals surface area contributed by atoms with Crippen LogP contribution in [0.3, 0.4) is 0 Å². The molecule has 0 atom stereocenters. The Kier molecular flexibility index (Phi) is 6.48. The van der Waals surface area contributed by atoms with Gasteiger partial charge in [0.2, 0.25) is 5.91 Å². The minimum Gasteiger partial charge on any atom is -0.494 e. The van der Waals surface area contributed by atoms with Crippen molar-refractivity contribution in [2.24, 2.45) is 0 Å². The van der Waals surface area contributed by atoms with Crippen LogP contribution < -0.4 is 15.8 Å². The molecule has 0 aromatic heterocycles. The van der Waals surface area contributed by atoms with Gasteiger partial charge in [0.15, 0.2) is 5.75 Å². The van der Waals surface area contributed by atoms with Gasteiger partial charge in [0.1, 0.15) is 0 Å². The van der Waals surface area contributed by atoms with Gasteiger partial charge in [-0.15, -0.1) is 0 Å². The van der Waals surface area contributed by atoms with Crippen LogP contribution in [0.15, 0.2) is 18.2 Å². The minimum atomic E-state index is -0.332. The first kappa shape index (κ1) is 16.8. The molecule has 7 heteroatoms. The zero-order valence-electron chi connectivity index (χ0n) is 12.5. The molecule has 0 saturated heterocycles. The fourth-order valence-electron chi connectivity index (χ4n) is 1.79. The van der Waals surface area contributed by atoms with Crippen molar-refractivity contribution in [3.05, 3.63) is 23.8 Å². The number of nitrogens with one attached hydrogen (secondary N) is 1. The van der Waals surface area contributed by atoms with Crippen LogP contribution in [0.25, 0.3) is 0 Å². The highest BCUT2D eigenvalue weighted by atomic mass is 16.5. The molecule has 1 aromatic carbocycles. The predicted octanol–water partition coefficient (Wildman–Crippen LogP) is 0.112. The Hall–Kier alpha value is -2.28. The summed E-state index contributed by atoms with van der Waals surface area (Å²) in [6.07, 6.45) is 0. The largest absolute Gasteiger partial charge is 0.494 e. The van der Waals surface area contributed by atoms with Crippen LogP contribution >= 0.6 is 0 Å². The number of hydrogen-bond acceptors (Lipinski definition) is 5. The lowest BCUT2D eigenvalue weighted by Crippen LogP contribution is -2.39. The fourth-order valence-corrected chi connectivity index (χ4v) is 1.79. The lowest BCUT2D eigenvalue weighted by Gasteiger charge is -2.19. The highest BCUT2D eigenvalue weighted by Gasteiger charge is 2.19. The van der Waals surface area contributed by atoms with E-state index in [2.05, 4.69) is 5.32 Å². The Morgan fingerprint density at radius 1 is 1.33 bits per heavy atom. The Labute approximate surface area is 124 Å². The third-order valence-corrected chi connectivity index (χ3v) is 2.84. The number of benzene rings is 1. The number of methoxy groups -OCH3 is 2. The number of nitrogens with two attached hydrogens (primary N) is 1. The van der Waals surface area contributed by atoms with Crippen LogP contribution in [0.4, 0.5) is 5.69 Å². The molecule has 0 unspecified atom stereocenters. The van der Waals surface area contributed by atoms with Crippen molar-refractivity contribution in [1.29, 1.82) is 0 Å². The van der Waals surface area contributed by atoms with Crippen molar-refractivity contribution in [2.45, 2.75) is 0 Å². The third-order valence-electron chi connectivity index (χ3n) is 2.84. The van der Waals surface area contributed by atoms with E-state index in [1.807, 2.05) is 0 Å². The van der Waals surface area contributed by atoms with Crippen molar-refractivity contribution < 1.29 is 19.1 Å². The number of carbonyl (C=O) groups is 2. The van der Waals surface area contributed by atoms with Crippen molar-refractivity contribution >= 4 is 17.5 Å². The summed E-state index contributed by atoms with van der Waals surface area (Å²) in [5.41, 5.74) is 6.46. The minimum absolute atomic E-state index is 0.0551. The number of likely N-dealkylation sites (N-methyl/N-ethyl adjacent to an activating group) is 1. The van der Waals surface area contributed by atoms with Gasteiger partial charge in [0, 0.05) is 20.7 Å². The van der Waals surface area contributed by atoms with Crippen molar-refractivity contribution in [1.82, 2.24) is 10.2 Å². The van der Waals surface area contributed by atoms with E-state index in [0.717, 1.165) is 0 Å². The molecule has 7 nitrogen and oxygen atoms in total. The Balaban J connectivity index is 2.70. The van der Waals surface area contributed by atoms with Crippen LogP contribution in [0.1, 0.15) is 10.4 Å². The molecule has 0 aliphatic carbocycles. The molecule has 116 valence electrons. The molecule has 0 aliphatic heterocycles. The maximum atomic E-state index is 12.3. The normalized spacial score (nSPS) is 10.0. The summed E-state index contributed by atoms with van der Waals surface area (Å²) in [6.45, 7) is 0.770. The summed E-state index contributed by atoms with van der Waals surface area (Å²) in [5, 5.41) is 2.65. The standard InChI is InChI=1S/C14H21N3O4/c1-17(9-12(18)16-7-8-20-2)14(19)10-5-4-6-11(15)13(10)21-3/h4-6H,7-9,15H2,1-3H3,(H,16,18). The number of para-hydroxylation sites is 1. The number of nitrogens with zero attached hydrogens (tertiary/aromatic N) is 1. The second-order valence-electron chi connectivity index (χ2n) is 4.43. The quantitative estimate of drug-likeness (QED) is 0.550. The SMILES string of the molecule is COCCNC(=O)CN(C)C(=O)c1cccc(N)c1OC. The topological polar surface area (TPSA) is 93.9 Å². The molecule has 0 spiro atoms. The van der Waals surface area contributed by atoms with E-state index in [4.69, 9.17) is 15.2 Å². The maximum absolute atomic E-state index is 12.3. The number of amides is 2. The number of nitrogen functional groups attached to an aromatic ring is 1. The summed E-state index contributed by atoms with van der Waals surface area (Å²) in [6, 6.07) is 4.92. The molecular formula is C14H21N3O4. The molecule has 0 bridgehead atoms. The molecule has 3 N–H and O–H groups in total. The van der Waals surface area contributed by atoms with E-state index < -0.39 is 0 Å². The Morgan fingerprint density at radius 3 is 2.67 bits per heavy atom. The van der Waals surface area contributed by atoms with Crippen LogP contribution in [-0.4, -0.2) is 57.7 Å². The average molecular weight is 295 g/mol. The summed E-state index contributed by atoms with van der Waals surface area (Å²) < 4.78 is 9.97. The summed E-state index contributed by atoms with van der Waals surface area (Å²) in [5.74, 6) is -0.277. The molecular weight excluding hydrogens is 274 g/mol. The van der Waals surface area contributed by atoms with E-state index >= 15 is 0 Å². The number of anilines is 1. The third kappa shape index (κ3) is 4.64. The first-order valence-electron chi connectivity index (χ1n) is 6.44. The predicted molar refractivity (Wildman–Crippen MR) is 79.3 cm³/mol. The number of rotatable bonds is 7. The zero-order chi connectivity index (χ0) is 15.8. The van der Waals surface area contributed by atoms with Gasteiger partial charge in [0.25, 0.3) is 5.91 Å². The van der Waals surface area contributed by atoms with Gasteiger partial charge in [-0.2, -0.15) is 0 Å². The second kappa shape index (κ2) is 8.11. The smallest absolute Gasteiger partial charge is 0.257 e. The number of hydrogen-bond donors (Lipinski definition) is 2. The first-order chi connectivity index (χ1) is 10.0. The Bertz CT molecular complexity index is 505. The lowest BCUT2D eigenvalue weighted by molar-refractivity contribution is -0.121.